The molecule has 0 amide bonds. The molecule has 94 valence electrons. The van der Waals surface area contributed by atoms with Gasteiger partial charge in [0.2, 0.25) is 5.84 Å². The molecule has 8 nitrogen and oxygen atoms in total. The molecule has 0 atom stereocenters. The van der Waals surface area contributed by atoms with E-state index >= 15 is 0 Å². The van der Waals surface area contributed by atoms with Crippen LogP contribution in [-0.4, -0.2) is 35.5 Å². The maximum atomic E-state index is 8.72. The second-order valence-electron chi connectivity index (χ2n) is 3.67. The molecule has 0 aliphatic rings. The van der Waals surface area contributed by atoms with E-state index in [0.717, 1.165) is 0 Å². The van der Waals surface area contributed by atoms with E-state index < -0.39 is 0 Å². The van der Waals surface area contributed by atoms with E-state index in [1.54, 1.807) is 35.3 Å². The summed E-state index contributed by atoms with van der Waals surface area (Å²) in [7, 11) is 0. The van der Waals surface area contributed by atoms with Crippen molar-refractivity contribution in [1.82, 2.24) is 24.5 Å². The maximum absolute atomic E-state index is 8.72. The van der Waals surface area contributed by atoms with Gasteiger partial charge >= 0.3 is 0 Å². The first-order chi connectivity index (χ1) is 9.29. The highest BCUT2D eigenvalue weighted by molar-refractivity contribution is 5.94. The van der Waals surface area contributed by atoms with Gasteiger partial charge in [-0.05, 0) is 12.1 Å². The second kappa shape index (κ2) is 4.33. The summed E-state index contributed by atoms with van der Waals surface area (Å²) in [5, 5.41) is 11.7. The summed E-state index contributed by atoms with van der Waals surface area (Å²) in [6.07, 6.45) is 6.37. The summed E-state index contributed by atoms with van der Waals surface area (Å²) < 4.78 is 1.60. The van der Waals surface area contributed by atoms with Crippen LogP contribution in [0.5, 0.6) is 0 Å². The molecule has 0 saturated carbocycles. The van der Waals surface area contributed by atoms with Crippen LogP contribution in [0.4, 0.5) is 0 Å². The summed E-state index contributed by atoms with van der Waals surface area (Å²) in [5.41, 5.74) is 6.75. The first-order valence-corrected chi connectivity index (χ1v) is 5.39. The minimum absolute atomic E-state index is 0.0916. The van der Waals surface area contributed by atoms with Crippen LogP contribution in [0, 0.1) is 0 Å². The van der Waals surface area contributed by atoms with Crippen LogP contribution in [0.15, 0.2) is 42.1 Å². The summed E-state index contributed by atoms with van der Waals surface area (Å²) in [5.74, 6) is 0.774. The van der Waals surface area contributed by atoms with Crippen molar-refractivity contribution in [1.29, 1.82) is 0 Å². The van der Waals surface area contributed by atoms with Gasteiger partial charge in [0.15, 0.2) is 11.5 Å². The van der Waals surface area contributed by atoms with Crippen molar-refractivity contribution in [2.24, 2.45) is 10.9 Å². The molecule has 0 spiro atoms. The average Bonchev–Trinajstić information content (AvgIpc) is 2.95. The molecule has 0 saturated heterocycles. The Morgan fingerprint density at radius 1 is 1.16 bits per heavy atom. The third-order valence-electron chi connectivity index (χ3n) is 2.54. The molecule has 0 unspecified atom stereocenters. The molecule has 3 N–H and O–H groups in total. The van der Waals surface area contributed by atoms with Gasteiger partial charge in [-0.2, -0.15) is 0 Å². The standard InChI is InChI=1S/C11H9N7O/c12-9(17-19)11-15-5-6-18(11)8-2-1-7-10(16-8)14-4-3-13-7/h1-6,19H,(H2,12,17). The minimum atomic E-state index is -0.0916. The second-order valence-corrected chi connectivity index (χ2v) is 3.67. The number of fused-ring (bicyclic) bond motifs is 1. The molecule has 8 heteroatoms. The van der Waals surface area contributed by atoms with Gasteiger partial charge in [-0.3, -0.25) is 9.55 Å². The van der Waals surface area contributed by atoms with Gasteiger partial charge in [0.05, 0.1) is 0 Å². The van der Waals surface area contributed by atoms with Gasteiger partial charge in [0.25, 0.3) is 0 Å². The highest BCUT2D eigenvalue weighted by atomic mass is 16.4. The zero-order valence-electron chi connectivity index (χ0n) is 9.67. The minimum Gasteiger partial charge on any atom is -0.409 e. The average molecular weight is 255 g/mol. The van der Waals surface area contributed by atoms with E-state index in [0.29, 0.717) is 22.8 Å². The lowest BCUT2D eigenvalue weighted by Gasteiger charge is -2.06. The number of aromatic nitrogens is 5. The highest BCUT2D eigenvalue weighted by Crippen LogP contribution is 2.12. The first-order valence-electron chi connectivity index (χ1n) is 5.39. The number of nitrogens with zero attached hydrogens (tertiary/aromatic N) is 6. The molecule has 19 heavy (non-hydrogen) atoms. The Labute approximate surface area is 107 Å². The van der Waals surface area contributed by atoms with Crippen molar-refractivity contribution >= 4 is 17.0 Å². The van der Waals surface area contributed by atoms with Crippen LogP contribution < -0.4 is 5.73 Å². The molecule has 3 aromatic heterocycles. The van der Waals surface area contributed by atoms with E-state index in [1.165, 1.54) is 6.20 Å². The van der Waals surface area contributed by atoms with Crippen LogP contribution in [0.1, 0.15) is 5.82 Å². The van der Waals surface area contributed by atoms with Crippen LogP contribution >= 0.6 is 0 Å². The van der Waals surface area contributed by atoms with Crippen LogP contribution in [0.2, 0.25) is 0 Å². The number of oxime groups is 1. The van der Waals surface area contributed by atoms with Crippen molar-refractivity contribution in [2.45, 2.75) is 0 Å². The predicted octanol–water partition coefficient (Wildman–Crippen LogP) is 0.305. The summed E-state index contributed by atoms with van der Waals surface area (Å²) in [6.45, 7) is 0. The number of hydrogen-bond acceptors (Lipinski definition) is 6. The lowest BCUT2D eigenvalue weighted by Crippen LogP contribution is -2.19. The van der Waals surface area contributed by atoms with Crippen molar-refractivity contribution < 1.29 is 5.21 Å². The molecule has 0 aromatic carbocycles. The Morgan fingerprint density at radius 3 is 2.84 bits per heavy atom. The van der Waals surface area contributed by atoms with Crippen molar-refractivity contribution in [3.63, 3.8) is 0 Å². The SMILES string of the molecule is NC(=NO)c1nccn1-c1ccc2nccnc2n1. The third-order valence-corrected chi connectivity index (χ3v) is 2.54. The molecule has 3 aromatic rings. The molecule has 0 bridgehead atoms. The van der Waals surface area contributed by atoms with E-state index in [2.05, 4.69) is 25.1 Å². The van der Waals surface area contributed by atoms with Crippen molar-refractivity contribution in [2.75, 3.05) is 0 Å². The van der Waals surface area contributed by atoms with Crippen molar-refractivity contribution in [3.05, 3.63) is 42.7 Å². The van der Waals surface area contributed by atoms with Gasteiger partial charge in [0, 0.05) is 24.8 Å². The zero-order valence-corrected chi connectivity index (χ0v) is 9.67. The molecule has 3 heterocycles. The number of pyridine rings is 1. The van der Waals surface area contributed by atoms with Gasteiger partial charge < -0.3 is 10.9 Å². The quantitative estimate of drug-likeness (QED) is 0.294. The van der Waals surface area contributed by atoms with E-state index in [9.17, 15) is 0 Å². The fourth-order valence-corrected chi connectivity index (χ4v) is 1.70. The molecule has 0 radical (unpaired) electrons. The highest BCUT2D eigenvalue weighted by Gasteiger charge is 2.11. The van der Waals surface area contributed by atoms with E-state index in [4.69, 9.17) is 10.9 Å². The van der Waals surface area contributed by atoms with Crippen LogP contribution in [-0.2, 0) is 0 Å². The summed E-state index contributed by atoms with van der Waals surface area (Å²) in [4.78, 5) is 16.6. The Balaban J connectivity index is 2.17. The molecule has 0 aliphatic carbocycles. The number of amidine groups is 1. The van der Waals surface area contributed by atoms with Crippen LogP contribution in [0.25, 0.3) is 17.0 Å². The molecular formula is C11H9N7O. The number of nitrogens with two attached hydrogens (primary N) is 1. The smallest absolute Gasteiger partial charge is 0.206 e. The normalized spacial score (nSPS) is 11.9. The number of imidazole rings is 1. The van der Waals surface area contributed by atoms with Gasteiger partial charge in [0.1, 0.15) is 11.3 Å². The van der Waals surface area contributed by atoms with Crippen molar-refractivity contribution in [3.8, 4) is 5.82 Å². The lowest BCUT2D eigenvalue weighted by atomic mass is 10.4. The Morgan fingerprint density at radius 2 is 2.00 bits per heavy atom. The maximum Gasteiger partial charge on any atom is 0.206 e. The fourth-order valence-electron chi connectivity index (χ4n) is 1.70. The number of rotatable bonds is 2. The molecular weight excluding hydrogens is 246 g/mol. The monoisotopic (exact) mass is 255 g/mol. The van der Waals surface area contributed by atoms with E-state index in [1.807, 2.05) is 0 Å². The molecule has 3 rings (SSSR count). The van der Waals surface area contributed by atoms with Gasteiger partial charge in [-0.15, -0.1) is 0 Å². The topological polar surface area (TPSA) is 115 Å². The molecule has 0 aliphatic heterocycles. The largest absolute Gasteiger partial charge is 0.409 e. The summed E-state index contributed by atoms with van der Waals surface area (Å²) in [6, 6.07) is 3.55. The third kappa shape index (κ3) is 1.84. The Bertz CT molecular complexity index is 764. The van der Waals surface area contributed by atoms with E-state index in [-0.39, 0.29) is 5.84 Å². The lowest BCUT2D eigenvalue weighted by molar-refractivity contribution is 0.318. The number of hydrogen-bond donors (Lipinski definition) is 2. The van der Waals surface area contributed by atoms with Gasteiger partial charge in [-0.25, -0.2) is 15.0 Å². The summed E-state index contributed by atoms with van der Waals surface area (Å²) >= 11 is 0. The van der Waals surface area contributed by atoms with Crippen LogP contribution in [0.3, 0.4) is 0 Å². The zero-order chi connectivity index (χ0) is 13.2. The predicted molar refractivity (Wildman–Crippen MR) is 67.0 cm³/mol. The Kier molecular flexibility index (Phi) is 2.53. The molecule has 0 fully saturated rings. The fraction of sp³-hybridized carbons (Fsp3) is 0. The van der Waals surface area contributed by atoms with Gasteiger partial charge in [-0.1, -0.05) is 5.16 Å². The Hall–Kier alpha value is -3.03. The first kappa shape index (κ1) is 11.1.